The molecule has 0 radical (unpaired) electrons. The predicted molar refractivity (Wildman–Crippen MR) is 77.9 cm³/mol. The van der Waals surface area contributed by atoms with Gasteiger partial charge in [0.2, 0.25) is 11.1 Å². The Balaban J connectivity index is 1.57. The highest BCUT2D eigenvalue weighted by Crippen LogP contribution is 2.39. The lowest BCUT2D eigenvalue weighted by atomic mass is 10.0. The highest BCUT2D eigenvalue weighted by molar-refractivity contribution is 7.99. The molecule has 1 amide bonds. The van der Waals surface area contributed by atoms with Crippen LogP contribution in [0.25, 0.3) is 0 Å². The Morgan fingerprint density at radius 1 is 1.35 bits per heavy atom. The van der Waals surface area contributed by atoms with Crippen molar-refractivity contribution in [2.75, 3.05) is 18.1 Å². The zero-order valence-corrected chi connectivity index (χ0v) is 12.6. The highest BCUT2D eigenvalue weighted by Gasteiger charge is 2.30. The van der Waals surface area contributed by atoms with Crippen LogP contribution in [0.1, 0.15) is 50.8 Å². The fourth-order valence-electron chi connectivity index (χ4n) is 2.68. The van der Waals surface area contributed by atoms with Crippen LogP contribution in [0.4, 0.5) is 0 Å². The van der Waals surface area contributed by atoms with Crippen LogP contribution in [0.5, 0.6) is 0 Å². The molecule has 1 atom stereocenters. The first kappa shape index (κ1) is 13.7. The van der Waals surface area contributed by atoms with Crippen molar-refractivity contribution < 1.29 is 4.79 Å². The molecule has 1 aromatic heterocycles. The summed E-state index contributed by atoms with van der Waals surface area (Å²) in [4.78, 5) is 14.2. The number of piperidine rings is 1. The van der Waals surface area contributed by atoms with Gasteiger partial charge in [0.15, 0.2) is 5.82 Å². The van der Waals surface area contributed by atoms with Gasteiger partial charge in [-0.25, -0.2) is 4.68 Å². The quantitative estimate of drug-likeness (QED) is 0.670. The molecular formula is C13H21N5OS. The van der Waals surface area contributed by atoms with Gasteiger partial charge in [0, 0.05) is 18.5 Å². The number of thioether (sulfide) groups is 1. The van der Waals surface area contributed by atoms with Crippen molar-refractivity contribution in [2.24, 2.45) is 0 Å². The van der Waals surface area contributed by atoms with Crippen molar-refractivity contribution in [3.8, 4) is 0 Å². The number of nitrogen functional groups attached to an aromatic ring is 1. The molecule has 2 heterocycles. The number of nitrogens with zero attached hydrogens (tertiary/aromatic N) is 4. The van der Waals surface area contributed by atoms with E-state index in [0.717, 1.165) is 38.1 Å². The third-order valence-corrected chi connectivity index (χ3v) is 5.01. The molecule has 1 aromatic rings. The Hall–Kier alpha value is -1.24. The Morgan fingerprint density at radius 2 is 2.15 bits per heavy atom. The maximum Gasteiger partial charge on any atom is 0.233 e. The maximum absolute atomic E-state index is 12.3. The maximum atomic E-state index is 12.3. The van der Waals surface area contributed by atoms with Gasteiger partial charge in [0.25, 0.3) is 0 Å². The van der Waals surface area contributed by atoms with Gasteiger partial charge in [-0.1, -0.05) is 11.8 Å². The number of carbonyl (C=O) groups excluding carboxylic acids is 1. The van der Waals surface area contributed by atoms with Gasteiger partial charge in [-0.3, -0.25) is 4.79 Å². The molecule has 6 nitrogen and oxygen atoms in total. The molecular weight excluding hydrogens is 274 g/mol. The summed E-state index contributed by atoms with van der Waals surface area (Å²) in [6, 6.07) is 0.356. The number of hydrogen-bond donors (Lipinski definition) is 1. The molecule has 1 saturated heterocycles. The van der Waals surface area contributed by atoms with Crippen molar-refractivity contribution >= 4 is 17.7 Å². The Morgan fingerprint density at radius 3 is 2.85 bits per heavy atom. The normalized spacial score (nSPS) is 23.1. The number of carbonyl (C=O) groups is 1. The second-order valence-electron chi connectivity index (χ2n) is 5.71. The van der Waals surface area contributed by atoms with E-state index < -0.39 is 0 Å². The first-order chi connectivity index (χ1) is 9.66. The molecule has 2 aliphatic rings. The summed E-state index contributed by atoms with van der Waals surface area (Å²) in [7, 11) is 0. The van der Waals surface area contributed by atoms with Gasteiger partial charge in [0.1, 0.15) is 0 Å². The molecule has 2 fully saturated rings. The van der Waals surface area contributed by atoms with Crippen molar-refractivity contribution in [1.82, 2.24) is 19.8 Å². The molecule has 0 bridgehead atoms. The lowest BCUT2D eigenvalue weighted by Crippen LogP contribution is -2.43. The third kappa shape index (κ3) is 2.77. The van der Waals surface area contributed by atoms with Crippen LogP contribution in [-0.4, -0.2) is 44.0 Å². The minimum absolute atomic E-state index is 0.179. The second kappa shape index (κ2) is 5.63. The van der Waals surface area contributed by atoms with E-state index in [4.69, 9.17) is 5.84 Å². The number of nitrogens with two attached hydrogens (primary N) is 1. The molecule has 0 spiro atoms. The summed E-state index contributed by atoms with van der Waals surface area (Å²) in [6.45, 7) is 3.00. The van der Waals surface area contributed by atoms with Crippen molar-refractivity contribution in [1.29, 1.82) is 0 Å². The molecule has 0 unspecified atom stereocenters. The van der Waals surface area contributed by atoms with Crippen LogP contribution in [-0.2, 0) is 4.79 Å². The number of likely N-dealkylation sites (tertiary alicyclic amines) is 1. The minimum atomic E-state index is 0.179. The van der Waals surface area contributed by atoms with Crippen LogP contribution in [0, 0.1) is 0 Å². The molecule has 110 valence electrons. The van der Waals surface area contributed by atoms with Crippen molar-refractivity contribution in [3.05, 3.63) is 5.82 Å². The van der Waals surface area contributed by atoms with Gasteiger partial charge >= 0.3 is 0 Å². The van der Waals surface area contributed by atoms with Gasteiger partial charge in [-0.15, -0.1) is 10.2 Å². The van der Waals surface area contributed by atoms with Gasteiger partial charge in [-0.05, 0) is 39.0 Å². The van der Waals surface area contributed by atoms with Crippen LogP contribution >= 0.6 is 11.8 Å². The predicted octanol–water partition coefficient (Wildman–Crippen LogP) is 1.36. The monoisotopic (exact) mass is 295 g/mol. The summed E-state index contributed by atoms with van der Waals surface area (Å²) in [5.41, 5.74) is 0. The van der Waals surface area contributed by atoms with Crippen LogP contribution < -0.4 is 5.84 Å². The topological polar surface area (TPSA) is 77.0 Å². The van der Waals surface area contributed by atoms with Crippen LogP contribution in [0.15, 0.2) is 5.16 Å². The van der Waals surface area contributed by atoms with Crippen LogP contribution in [0.2, 0.25) is 0 Å². The lowest BCUT2D eigenvalue weighted by Gasteiger charge is -2.33. The number of rotatable bonds is 4. The summed E-state index contributed by atoms with van der Waals surface area (Å²) in [5.74, 6) is 7.88. The number of aromatic nitrogens is 3. The average molecular weight is 295 g/mol. The number of hydrogen-bond acceptors (Lipinski definition) is 5. The number of amides is 1. The van der Waals surface area contributed by atoms with Crippen molar-refractivity contribution in [2.45, 2.75) is 56.1 Å². The standard InChI is InChI=1S/C13H21N5OS/c1-9-4-2-3-7-17(9)11(19)8-20-13-16-15-12(18(13)14)10-5-6-10/h9-10H,2-8,14H2,1H3/t9-/m1/s1. The SMILES string of the molecule is C[C@@H]1CCCCN1C(=O)CSc1nnc(C2CC2)n1N. The summed E-state index contributed by atoms with van der Waals surface area (Å²) in [6.07, 6.45) is 5.73. The minimum Gasteiger partial charge on any atom is -0.339 e. The Bertz CT molecular complexity index is 499. The zero-order chi connectivity index (χ0) is 14.1. The van der Waals surface area contributed by atoms with E-state index >= 15 is 0 Å². The Labute approximate surface area is 123 Å². The first-order valence-electron chi connectivity index (χ1n) is 7.29. The van der Waals surface area contributed by atoms with Gasteiger partial charge in [-0.2, -0.15) is 0 Å². The van der Waals surface area contributed by atoms with E-state index in [1.54, 1.807) is 4.68 Å². The Kier molecular flexibility index (Phi) is 3.87. The summed E-state index contributed by atoms with van der Waals surface area (Å²) >= 11 is 1.39. The zero-order valence-electron chi connectivity index (χ0n) is 11.8. The molecule has 1 saturated carbocycles. The highest BCUT2D eigenvalue weighted by atomic mass is 32.2. The van der Waals surface area contributed by atoms with E-state index in [-0.39, 0.29) is 5.91 Å². The fourth-order valence-corrected chi connectivity index (χ4v) is 3.43. The van der Waals surface area contributed by atoms with E-state index in [2.05, 4.69) is 17.1 Å². The summed E-state index contributed by atoms with van der Waals surface area (Å²) in [5, 5.41) is 8.86. The molecule has 2 N–H and O–H groups in total. The molecule has 7 heteroatoms. The third-order valence-electron chi connectivity index (χ3n) is 4.08. The van der Waals surface area contributed by atoms with Gasteiger partial charge in [0.05, 0.1) is 5.75 Å². The largest absolute Gasteiger partial charge is 0.339 e. The molecule has 1 aliphatic heterocycles. The van der Waals surface area contributed by atoms with Crippen LogP contribution in [0.3, 0.4) is 0 Å². The smallest absolute Gasteiger partial charge is 0.233 e. The van der Waals surface area contributed by atoms with E-state index in [1.165, 1.54) is 18.2 Å². The lowest BCUT2D eigenvalue weighted by molar-refractivity contribution is -0.131. The fraction of sp³-hybridized carbons (Fsp3) is 0.769. The van der Waals surface area contributed by atoms with Crippen molar-refractivity contribution in [3.63, 3.8) is 0 Å². The second-order valence-corrected chi connectivity index (χ2v) is 6.65. The van der Waals surface area contributed by atoms with E-state index in [9.17, 15) is 4.79 Å². The first-order valence-corrected chi connectivity index (χ1v) is 8.28. The molecule has 1 aliphatic carbocycles. The average Bonchev–Trinajstić information content (AvgIpc) is 3.21. The molecule has 0 aromatic carbocycles. The molecule has 20 heavy (non-hydrogen) atoms. The van der Waals surface area contributed by atoms with E-state index in [1.807, 2.05) is 4.90 Å². The molecule has 3 rings (SSSR count). The van der Waals surface area contributed by atoms with Gasteiger partial charge < -0.3 is 10.7 Å². The van der Waals surface area contributed by atoms with E-state index in [0.29, 0.717) is 22.9 Å². The summed E-state index contributed by atoms with van der Waals surface area (Å²) < 4.78 is 1.55.